The van der Waals surface area contributed by atoms with Crippen LogP contribution in [0.2, 0.25) is 0 Å². The Morgan fingerprint density at radius 1 is 1.12 bits per heavy atom. The Balaban J connectivity index is 2.17. The van der Waals surface area contributed by atoms with Gasteiger partial charge in [-0.15, -0.1) is 0 Å². The largest absolute Gasteiger partial charge is 0.508 e. The highest BCUT2D eigenvalue weighted by Gasteiger charge is 2.08. The molecule has 0 radical (unpaired) electrons. The van der Waals surface area contributed by atoms with Gasteiger partial charge in [0.2, 0.25) is 0 Å². The van der Waals surface area contributed by atoms with Gasteiger partial charge in [0, 0.05) is 11.8 Å². The zero-order chi connectivity index (χ0) is 11.8. The third-order valence-corrected chi connectivity index (χ3v) is 2.56. The van der Waals surface area contributed by atoms with E-state index in [9.17, 15) is 5.11 Å². The van der Waals surface area contributed by atoms with Crippen LogP contribution in [0, 0.1) is 0 Å². The monoisotopic (exact) mass is 227 g/mol. The van der Waals surface area contributed by atoms with E-state index >= 15 is 0 Å². The first kappa shape index (κ1) is 9.65. The van der Waals surface area contributed by atoms with Crippen LogP contribution in [0.3, 0.4) is 0 Å². The van der Waals surface area contributed by atoms with Crippen molar-refractivity contribution in [3.8, 4) is 16.9 Å². The highest BCUT2D eigenvalue weighted by Crippen LogP contribution is 2.26. The maximum absolute atomic E-state index is 9.23. The summed E-state index contributed by atoms with van der Waals surface area (Å²) in [6, 6.07) is 8.72. The van der Waals surface area contributed by atoms with Gasteiger partial charge in [0.25, 0.3) is 5.71 Å². The van der Waals surface area contributed by atoms with Gasteiger partial charge in [-0.25, -0.2) is 4.98 Å². The molecule has 0 saturated heterocycles. The number of nitrogens with zero attached hydrogens (tertiary/aromatic N) is 2. The molecule has 0 atom stereocenters. The second-order valence-electron chi connectivity index (χ2n) is 3.69. The molecule has 3 rings (SSSR count). The zero-order valence-corrected chi connectivity index (χ0v) is 8.79. The number of aromatic nitrogens is 2. The van der Waals surface area contributed by atoms with E-state index in [4.69, 9.17) is 10.3 Å². The van der Waals surface area contributed by atoms with E-state index in [0.717, 1.165) is 11.1 Å². The average molecular weight is 227 g/mol. The quantitative estimate of drug-likeness (QED) is 0.665. The standard InChI is InChI=1S/C12H9N3O2/c13-11-10-5-8(6-14-12(10)17-15-11)7-1-3-9(16)4-2-7/h1-6,16H,(H2,13,15). The molecule has 0 saturated carbocycles. The van der Waals surface area contributed by atoms with Crippen molar-refractivity contribution in [1.29, 1.82) is 0 Å². The first-order valence-electron chi connectivity index (χ1n) is 5.04. The van der Waals surface area contributed by atoms with Crippen molar-refractivity contribution in [3.05, 3.63) is 36.5 Å². The van der Waals surface area contributed by atoms with Crippen LogP contribution in [0.4, 0.5) is 5.82 Å². The number of hydrogen-bond donors (Lipinski definition) is 2. The van der Waals surface area contributed by atoms with Gasteiger partial charge in [0.15, 0.2) is 5.82 Å². The normalized spacial score (nSPS) is 10.8. The van der Waals surface area contributed by atoms with Crippen molar-refractivity contribution >= 4 is 16.9 Å². The van der Waals surface area contributed by atoms with Crippen molar-refractivity contribution in [2.75, 3.05) is 5.73 Å². The van der Waals surface area contributed by atoms with Gasteiger partial charge in [0.1, 0.15) is 5.75 Å². The summed E-state index contributed by atoms with van der Waals surface area (Å²) in [5, 5.41) is 13.6. The van der Waals surface area contributed by atoms with Gasteiger partial charge in [0.05, 0.1) is 5.39 Å². The first-order valence-corrected chi connectivity index (χ1v) is 5.04. The summed E-state index contributed by atoms with van der Waals surface area (Å²) >= 11 is 0. The van der Waals surface area contributed by atoms with E-state index in [1.165, 1.54) is 0 Å². The molecule has 3 N–H and O–H groups in total. The molecule has 17 heavy (non-hydrogen) atoms. The maximum atomic E-state index is 9.23. The number of aromatic hydroxyl groups is 1. The number of hydrogen-bond acceptors (Lipinski definition) is 5. The van der Waals surface area contributed by atoms with Crippen LogP contribution in [0.5, 0.6) is 5.75 Å². The number of anilines is 1. The molecule has 84 valence electrons. The lowest BCUT2D eigenvalue weighted by Crippen LogP contribution is -1.85. The number of phenols is 1. The predicted molar refractivity (Wildman–Crippen MR) is 63.3 cm³/mol. The van der Waals surface area contributed by atoms with Gasteiger partial charge in [-0.2, -0.15) is 0 Å². The van der Waals surface area contributed by atoms with Gasteiger partial charge in [-0.1, -0.05) is 17.3 Å². The summed E-state index contributed by atoms with van der Waals surface area (Å²) in [6.45, 7) is 0. The van der Waals surface area contributed by atoms with E-state index in [2.05, 4.69) is 10.1 Å². The summed E-state index contributed by atoms with van der Waals surface area (Å²) in [4.78, 5) is 4.13. The zero-order valence-electron chi connectivity index (χ0n) is 8.79. The Labute approximate surface area is 96.5 Å². The van der Waals surface area contributed by atoms with E-state index < -0.39 is 0 Å². The Hall–Kier alpha value is -2.56. The molecule has 0 spiro atoms. The highest BCUT2D eigenvalue weighted by molar-refractivity contribution is 5.87. The van der Waals surface area contributed by atoms with E-state index in [1.807, 2.05) is 18.2 Å². The SMILES string of the molecule is Nc1noc2ncc(-c3ccc(O)cc3)cc12. The number of benzene rings is 1. The van der Waals surface area contributed by atoms with Crippen molar-refractivity contribution in [2.24, 2.45) is 0 Å². The Morgan fingerprint density at radius 3 is 2.65 bits per heavy atom. The molecular weight excluding hydrogens is 218 g/mol. The number of fused-ring (bicyclic) bond motifs is 1. The summed E-state index contributed by atoms with van der Waals surface area (Å²) in [5.74, 6) is 0.556. The minimum atomic E-state index is 0.229. The van der Waals surface area contributed by atoms with Gasteiger partial charge in [-0.05, 0) is 23.8 Å². The molecule has 2 heterocycles. The maximum Gasteiger partial charge on any atom is 0.259 e. The third kappa shape index (κ3) is 1.57. The average Bonchev–Trinajstić information content (AvgIpc) is 2.72. The number of pyridine rings is 1. The van der Waals surface area contributed by atoms with Gasteiger partial charge < -0.3 is 15.4 Å². The molecule has 5 nitrogen and oxygen atoms in total. The molecule has 2 aromatic heterocycles. The van der Waals surface area contributed by atoms with E-state index in [0.29, 0.717) is 16.9 Å². The lowest BCUT2D eigenvalue weighted by Gasteiger charge is -2.00. The summed E-state index contributed by atoms with van der Waals surface area (Å²) in [5.41, 5.74) is 7.92. The lowest BCUT2D eigenvalue weighted by molar-refractivity contribution is 0.452. The van der Waals surface area contributed by atoms with Crippen LogP contribution in [-0.2, 0) is 0 Å². The van der Waals surface area contributed by atoms with Crippen LogP contribution in [0.1, 0.15) is 0 Å². The highest BCUT2D eigenvalue weighted by atomic mass is 16.5. The molecule has 0 bridgehead atoms. The van der Waals surface area contributed by atoms with Crippen LogP contribution < -0.4 is 5.73 Å². The fourth-order valence-electron chi connectivity index (χ4n) is 1.66. The number of nitrogen functional groups attached to an aromatic ring is 1. The van der Waals surface area contributed by atoms with Crippen molar-refractivity contribution < 1.29 is 9.63 Å². The summed E-state index contributed by atoms with van der Waals surface area (Å²) < 4.78 is 4.93. The van der Waals surface area contributed by atoms with Crippen molar-refractivity contribution in [1.82, 2.24) is 10.1 Å². The molecule has 0 unspecified atom stereocenters. The minimum absolute atomic E-state index is 0.229. The van der Waals surface area contributed by atoms with Gasteiger partial charge in [-0.3, -0.25) is 0 Å². The Morgan fingerprint density at radius 2 is 1.88 bits per heavy atom. The predicted octanol–water partition coefficient (Wildman–Crippen LogP) is 2.18. The van der Waals surface area contributed by atoms with Gasteiger partial charge >= 0.3 is 0 Å². The first-order chi connectivity index (χ1) is 8.24. The topological polar surface area (TPSA) is 85.2 Å². The summed E-state index contributed by atoms with van der Waals surface area (Å²) in [7, 11) is 0. The molecule has 0 aliphatic rings. The second-order valence-corrected chi connectivity index (χ2v) is 3.69. The number of phenolic OH excluding ortho intramolecular Hbond substituents is 1. The van der Waals surface area contributed by atoms with Crippen molar-refractivity contribution in [3.63, 3.8) is 0 Å². The van der Waals surface area contributed by atoms with Crippen LogP contribution >= 0.6 is 0 Å². The van der Waals surface area contributed by atoms with E-state index in [1.54, 1.807) is 18.3 Å². The Bertz CT molecular complexity index is 674. The van der Waals surface area contributed by atoms with Crippen molar-refractivity contribution in [2.45, 2.75) is 0 Å². The lowest BCUT2D eigenvalue weighted by atomic mass is 10.1. The molecule has 0 aliphatic heterocycles. The number of nitrogens with two attached hydrogens (primary N) is 1. The third-order valence-electron chi connectivity index (χ3n) is 2.56. The number of rotatable bonds is 1. The van der Waals surface area contributed by atoms with Crippen LogP contribution in [-0.4, -0.2) is 15.2 Å². The molecule has 1 aromatic carbocycles. The minimum Gasteiger partial charge on any atom is -0.508 e. The fraction of sp³-hybridized carbons (Fsp3) is 0. The Kier molecular flexibility index (Phi) is 1.98. The molecular formula is C12H9N3O2. The van der Waals surface area contributed by atoms with Crippen LogP contribution in [0.25, 0.3) is 22.2 Å². The molecule has 0 fully saturated rings. The second kappa shape index (κ2) is 3.48. The molecule has 0 amide bonds. The van der Waals surface area contributed by atoms with Crippen LogP contribution in [0.15, 0.2) is 41.1 Å². The smallest absolute Gasteiger partial charge is 0.259 e. The molecule has 0 aliphatic carbocycles. The molecule has 5 heteroatoms. The van der Waals surface area contributed by atoms with E-state index in [-0.39, 0.29) is 5.75 Å². The summed E-state index contributed by atoms with van der Waals surface area (Å²) in [6.07, 6.45) is 1.68. The fourth-order valence-corrected chi connectivity index (χ4v) is 1.66. The molecule has 3 aromatic rings.